The molecular weight excluding hydrogens is 956 g/mol. The number of esters is 6. The van der Waals surface area contributed by atoms with E-state index >= 15 is 4.39 Å². The second-order valence-corrected chi connectivity index (χ2v) is 17.3. The lowest BCUT2D eigenvalue weighted by atomic mass is 9.77. The molecule has 380 valence electrons. The van der Waals surface area contributed by atoms with Gasteiger partial charge >= 0.3 is 35.8 Å². The van der Waals surface area contributed by atoms with Gasteiger partial charge in [-0.05, 0) is 54.6 Å². The molecule has 4 heterocycles. The predicted molar refractivity (Wildman–Crippen MR) is 248 cm³/mol. The molecule has 4 aliphatic heterocycles. The number of hydrogen-bond acceptors (Lipinski definition) is 18. The molecule has 0 aromatic heterocycles. The summed E-state index contributed by atoms with van der Waals surface area (Å²) in [6, 6.07) is 31.1. The van der Waals surface area contributed by atoms with Crippen molar-refractivity contribution in [2.24, 2.45) is 0 Å². The van der Waals surface area contributed by atoms with Crippen molar-refractivity contribution in [1.82, 2.24) is 0 Å². The first-order valence-corrected chi connectivity index (χ1v) is 23.3. The van der Waals surface area contributed by atoms with Crippen LogP contribution in [-0.4, -0.2) is 105 Å². The Bertz CT molecular complexity index is 2890. The molecule has 0 bridgehead atoms. The number of ether oxygens (including phenoxy) is 12. The van der Waals surface area contributed by atoms with Crippen molar-refractivity contribution in [3.05, 3.63) is 154 Å². The van der Waals surface area contributed by atoms with Gasteiger partial charge in [0.1, 0.15) is 73.4 Å². The molecular formula is C54H49FO18. The molecule has 2 unspecified atom stereocenters. The summed E-state index contributed by atoms with van der Waals surface area (Å²) in [5.41, 5.74) is 0.311. The molecule has 19 heteroatoms. The Labute approximate surface area is 417 Å². The lowest BCUT2D eigenvalue weighted by Gasteiger charge is -2.45. The number of carbonyl (C=O) groups is 6. The summed E-state index contributed by atoms with van der Waals surface area (Å²) in [5, 5.41) is 0. The summed E-state index contributed by atoms with van der Waals surface area (Å²) in [5.74, 6) is -3.73. The zero-order chi connectivity index (χ0) is 51.4. The lowest BCUT2D eigenvalue weighted by molar-refractivity contribution is -0.314. The van der Waals surface area contributed by atoms with Gasteiger partial charge in [-0.1, -0.05) is 54.6 Å². The van der Waals surface area contributed by atoms with E-state index < -0.39 is 111 Å². The van der Waals surface area contributed by atoms with Gasteiger partial charge in [-0.2, -0.15) is 0 Å². The van der Waals surface area contributed by atoms with Gasteiger partial charge in [-0.3, -0.25) is 14.4 Å². The van der Waals surface area contributed by atoms with Gasteiger partial charge < -0.3 is 56.8 Å². The van der Waals surface area contributed by atoms with Gasteiger partial charge in [0.15, 0.2) is 18.0 Å². The summed E-state index contributed by atoms with van der Waals surface area (Å²) >= 11 is 0. The number of hydrogen-bond donors (Lipinski definition) is 0. The van der Waals surface area contributed by atoms with Crippen LogP contribution in [0.2, 0.25) is 0 Å². The highest BCUT2D eigenvalue weighted by molar-refractivity contribution is 5.97. The summed E-state index contributed by atoms with van der Waals surface area (Å²) < 4.78 is 88.5. The Morgan fingerprint density at radius 2 is 1.26 bits per heavy atom. The Kier molecular flexibility index (Phi) is 14.7. The summed E-state index contributed by atoms with van der Waals surface area (Å²) in [7, 11) is 1.48. The quantitative estimate of drug-likeness (QED) is 0.0747. The van der Waals surface area contributed by atoms with Crippen LogP contribution in [0.15, 0.2) is 115 Å². The van der Waals surface area contributed by atoms with Crippen LogP contribution in [0.25, 0.3) is 0 Å². The first kappa shape index (κ1) is 50.1. The van der Waals surface area contributed by atoms with Crippen molar-refractivity contribution in [3.8, 4) is 23.0 Å². The van der Waals surface area contributed by atoms with Crippen molar-refractivity contribution in [3.63, 3.8) is 0 Å². The molecule has 0 radical (unpaired) electrons. The summed E-state index contributed by atoms with van der Waals surface area (Å²) in [6.07, 6.45) is -11.0. The minimum absolute atomic E-state index is 0.00480. The minimum Gasteiger partial charge on any atom is -0.497 e. The van der Waals surface area contributed by atoms with Crippen molar-refractivity contribution in [2.75, 3.05) is 20.3 Å². The van der Waals surface area contributed by atoms with E-state index in [-0.39, 0.29) is 46.8 Å². The molecule has 1 spiro atoms. The van der Waals surface area contributed by atoms with E-state index in [0.29, 0.717) is 28.0 Å². The van der Waals surface area contributed by atoms with Gasteiger partial charge in [0.25, 0.3) is 0 Å². The number of rotatable bonds is 15. The van der Waals surface area contributed by atoms with Crippen LogP contribution in [0, 0.1) is 0 Å². The third-order valence-electron chi connectivity index (χ3n) is 12.5. The van der Waals surface area contributed by atoms with Crippen LogP contribution in [0.5, 0.6) is 23.0 Å². The number of benzene rings is 5. The molecule has 9 atom stereocenters. The lowest BCUT2D eigenvalue weighted by Crippen LogP contribution is -2.59. The fraction of sp³-hybridized carbons (Fsp3) is 0.333. The van der Waals surface area contributed by atoms with Crippen molar-refractivity contribution >= 4 is 35.8 Å². The minimum atomic E-state index is -1.56. The Balaban J connectivity index is 1.09. The highest BCUT2D eigenvalue weighted by Crippen LogP contribution is 2.58. The largest absolute Gasteiger partial charge is 0.497 e. The van der Waals surface area contributed by atoms with E-state index in [1.165, 1.54) is 25.3 Å². The van der Waals surface area contributed by atoms with Crippen LogP contribution in [-0.2, 0) is 69.3 Å². The number of alkyl halides is 1. The molecule has 73 heavy (non-hydrogen) atoms. The summed E-state index contributed by atoms with van der Waals surface area (Å²) in [6.45, 7) is 1.31. The van der Waals surface area contributed by atoms with Crippen molar-refractivity contribution in [2.45, 2.75) is 95.1 Å². The van der Waals surface area contributed by atoms with E-state index in [0.717, 1.165) is 20.8 Å². The third-order valence-corrected chi connectivity index (χ3v) is 12.5. The Morgan fingerprint density at radius 1 is 0.644 bits per heavy atom. The molecule has 2 saturated heterocycles. The molecule has 5 aromatic carbocycles. The number of halogens is 1. The Morgan fingerprint density at radius 3 is 1.95 bits per heavy atom. The van der Waals surface area contributed by atoms with E-state index in [9.17, 15) is 28.8 Å². The average molecular weight is 1000 g/mol. The predicted octanol–water partition coefficient (Wildman–Crippen LogP) is 7.24. The number of fused-ring (bicyclic) bond motifs is 6. The van der Waals surface area contributed by atoms with E-state index in [2.05, 4.69) is 0 Å². The van der Waals surface area contributed by atoms with Gasteiger partial charge in [0.2, 0.25) is 6.29 Å². The van der Waals surface area contributed by atoms with Crippen LogP contribution in [0.4, 0.5) is 4.39 Å². The summed E-state index contributed by atoms with van der Waals surface area (Å²) in [4.78, 5) is 77.8. The number of carbonyl (C=O) groups excluding carboxylic acids is 6. The van der Waals surface area contributed by atoms with Crippen molar-refractivity contribution < 1.29 is 90.0 Å². The smallest absolute Gasteiger partial charge is 0.340 e. The molecule has 5 aromatic rings. The van der Waals surface area contributed by atoms with E-state index in [1.54, 1.807) is 97.1 Å². The Hall–Kier alpha value is -7.87. The second-order valence-electron chi connectivity index (χ2n) is 17.3. The van der Waals surface area contributed by atoms with Crippen molar-refractivity contribution in [1.29, 1.82) is 0 Å². The molecule has 0 amide bonds. The maximum Gasteiger partial charge on any atom is 0.340 e. The average Bonchev–Trinajstić information content (AvgIpc) is 3.68. The third kappa shape index (κ3) is 10.4. The first-order valence-electron chi connectivity index (χ1n) is 23.3. The van der Waals surface area contributed by atoms with Crippen LogP contribution >= 0.6 is 0 Å². The second kappa shape index (κ2) is 21.5. The van der Waals surface area contributed by atoms with Gasteiger partial charge in [-0.15, -0.1) is 0 Å². The van der Waals surface area contributed by atoms with Gasteiger partial charge in [-0.25, -0.2) is 18.8 Å². The highest BCUT2D eigenvalue weighted by Gasteiger charge is 2.55. The maximum absolute atomic E-state index is 15.9. The first-order chi connectivity index (χ1) is 35.3. The number of methoxy groups -OCH3 is 1. The molecule has 0 saturated carbocycles. The SMILES string of the molecule is COc1ccc2c(c1)Oc1c(ccc(OC3C[C@@H](OC(=O)c4ccccc4)[C@@H](O[C@@H]4C[C@@H](OC(C)=O)[C@@H](OC(C)=O)[C@@H](COC(C)=O)O4)[C@@H](COC(=O)c4ccccc4)O3)c1CF)C21OC(=O)c2ccccc21. The van der Waals surface area contributed by atoms with Crippen LogP contribution in [0.3, 0.4) is 0 Å². The molecule has 18 nitrogen and oxygen atoms in total. The highest BCUT2D eigenvalue weighted by atomic mass is 19.1. The van der Waals surface area contributed by atoms with Gasteiger partial charge in [0.05, 0.1) is 29.4 Å². The molecule has 4 aliphatic rings. The molecule has 2 fully saturated rings. The van der Waals surface area contributed by atoms with Gasteiger partial charge in [0, 0.05) is 56.4 Å². The topological polar surface area (TPSA) is 213 Å². The zero-order valence-corrected chi connectivity index (χ0v) is 39.9. The molecule has 9 rings (SSSR count). The monoisotopic (exact) mass is 1000 g/mol. The fourth-order valence-electron chi connectivity index (χ4n) is 9.41. The molecule has 0 N–H and O–H groups in total. The van der Waals surface area contributed by atoms with Crippen LogP contribution < -0.4 is 14.2 Å². The normalized spacial score (nSPS) is 24.5. The van der Waals surface area contributed by atoms with Crippen LogP contribution in [0.1, 0.15) is 86.9 Å². The van der Waals surface area contributed by atoms with E-state index in [1.807, 2.05) is 0 Å². The zero-order valence-electron chi connectivity index (χ0n) is 39.9. The molecule has 0 aliphatic carbocycles. The van der Waals surface area contributed by atoms with E-state index in [4.69, 9.17) is 56.8 Å². The maximum atomic E-state index is 15.9. The fourth-order valence-corrected chi connectivity index (χ4v) is 9.41. The standard InChI is InChI=1S/C54H49FO18/c1-29(56)63-27-44-49(66-31(3)58)42(65-30(2)57)24-47(69-44)72-50-43(71-52(60)33-15-9-6-10-16-33)25-46(68-45(50)28-64-51(59)32-13-7-5-8-14-32)67-40-22-21-39-48(36(40)26-55)70-41-23-34(62-4)19-20-38(41)54(39)37-18-12-11-17-35(37)53(61)73-54/h5-23,42-47,49-50H,24-28H2,1-4H3/t42-,43-,44-,45-,46?,47-,49-,50-,54?/m1/s1.